The monoisotopic (exact) mass is 313 g/mol. The largest absolute Gasteiger partial charge is 0.497 e. The van der Waals surface area contributed by atoms with E-state index in [4.69, 9.17) is 9.15 Å². The lowest BCUT2D eigenvalue weighted by molar-refractivity contribution is 0.415. The van der Waals surface area contributed by atoms with Crippen LogP contribution in [0.25, 0.3) is 11.3 Å². The molecule has 6 heteroatoms. The van der Waals surface area contributed by atoms with Crippen LogP contribution in [0.15, 0.2) is 51.3 Å². The summed E-state index contributed by atoms with van der Waals surface area (Å²) < 4.78 is 10.5. The molecule has 5 nitrogen and oxygen atoms in total. The van der Waals surface area contributed by atoms with Crippen molar-refractivity contribution in [2.75, 3.05) is 12.5 Å². The topological polar surface area (TPSA) is 59.6 Å². The quantitative estimate of drug-likeness (QED) is 0.567. The first-order valence-electron chi connectivity index (χ1n) is 6.70. The Hall–Kier alpha value is -2.60. The third kappa shape index (κ3) is 3.35. The molecule has 112 valence electrons. The minimum atomic E-state index is 0.705. The number of benzene rings is 1. The van der Waals surface area contributed by atoms with Crippen LogP contribution in [-0.4, -0.2) is 18.3 Å². The molecule has 0 radical (unpaired) electrons. The normalized spacial score (nSPS) is 11.0. The molecule has 22 heavy (non-hydrogen) atoms. The van der Waals surface area contributed by atoms with Gasteiger partial charge in [0.15, 0.2) is 0 Å². The Morgan fingerprint density at radius 1 is 1.23 bits per heavy atom. The molecule has 0 atom stereocenters. The van der Waals surface area contributed by atoms with E-state index in [2.05, 4.69) is 15.5 Å². The van der Waals surface area contributed by atoms with Gasteiger partial charge in [0.25, 0.3) is 0 Å². The number of hydrogen-bond donors (Lipinski definition) is 1. The van der Waals surface area contributed by atoms with Crippen LogP contribution in [0.4, 0.5) is 5.13 Å². The van der Waals surface area contributed by atoms with E-state index in [1.807, 2.05) is 48.7 Å². The lowest BCUT2D eigenvalue weighted by Gasteiger charge is -2.00. The second-order valence-corrected chi connectivity index (χ2v) is 5.44. The van der Waals surface area contributed by atoms with Crippen LogP contribution < -0.4 is 10.2 Å². The summed E-state index contributed by atoms with van der Waals surface area (Å²) in [6.07, 6.45) is 1.63. The summed E-state index contributed by atoms with van der Waals surface area (Å²) in [6, 6.07) is 11.6. The van der Waals surface area contributed by atoms with E-state index in [0.717, 1.165) is 27.9 Å². The molecule has 0 saturated carbocycles. The maximum absolute atomic E-state index is 5.40. The van der Waals surface area contributed by atoms with Gasteiger partial charge in [-0.05, 0) is 43.3 Å². The number of furan rings is 1. The van der Waals surface area contributed by atoms with E-state index >= 15 is 0 Å². The van der Waals surface area contributed by atoms with E-state index in [1.54, 1.807) is 13.3 Å². The van der Waals surface area contributed by atoms with Crippen molar-refractivity contribution in [3.8, 4) is 17.0 Å². The Bertz CT molecular complexity index is 775. The highest BCUT2D eigenvalue weighted by atomic mass is 32.1. The molecule has 0 spiro atoms. The number of methoxy groups -OCH3 is 1. The molecule has 1 N–H and O–H groups in total. The fraction of sp³-hybridized carbons (Fsp3) is 0.125. The third-order valence-electron chi connectivity index (χ3n) is 3.00. The highest BCUT2D eigenvalue weighted by molar-refractivity contribution is 7.14. The van der Waals surface area contributed by atoms with Gasteiger partial charge in [-0.25, -0.2) is 4.98 Å². The van der Waals surface area contributed by atoms with Crippen molar-refractivity contribution in [3.63, 3.8) is 0 Å². The number of aryl methyl sites for hydroxylation is 1. The number of ether oxygens (including phenoxy) is 1. The lowest BCUT2D eigenvalue weighted by atomic mass is 10.2. The van der Waals surface area contributed by atoms with E-state index in [0.29, 0.717) is 5.76 Å². The number of hydrazone groups is 1. The molecule has 0 fully saturated rings. The van der Waals surface area contributed by atoms with Gasteiger partial charge in [-0.15, -0.1) is 11.3 Å². The van der Waals surface area contributed by atoms with E-state index < -0.39 is 0 Å². The maximum atomic E-state index is 5.40. The van der Waals surface area contributed by atoms with Gasteiger partial charge in [-0.3, -0.25) is 5.43 Å². The molecule has 2 aromatic heterocycles. The SMILES string of the molecule is COc1ccc(-c2csc(N/N=C\c3ccc(C)o3)n2)cc1. The van der Waals surface area contributed by atoms with Crippen LogP contribution >= 0.6 is 11.3 Å². The van der Waals surface area contributed by atoms with Crippen molar-refractivity contribution in [2.45, 2.75) is 6.92 Å². The zero-order valence-electron chi connectivity index (χ0n) is 12.2. The minimum Gasteiger partial charge on any atom is -0.497 e. The molecule has 0 bridgehead atoms. The van der Waals surface area contributed by atoms with Crippen LogP contribution in [0.3, 0.4) is 0 Å². The average Bonchev–Trinajstić information content (AvgIpc) is 3.17. The van der Waals surface area contributed by atoms with Crippen molar-refractivity contribution in [1.82, 2.24) is 4.98 Å². The van der Waals surface area contributed by atoms with Crippen molar-refractivity contribution in [1.29, 1.82) is 0 Å². The summed E-state index contributed by atoms with van der Waals surface area (Å²) in [6.45, 7) is 1.90. The lowest BCUT2D eigenvalue weighted by Crippen LogP contribution is -1.89. The Labute approximate surface area is 132 Å². The Morgan fingerprint density at radius 2 is 2.05 bits per heavy atom. The first kappa shape index (κ1) is 14.3. The highest BCUT2D eigenvalue weighted by Crippen LogP contribution is 2.26. The van der Waals surface area contributed by atoms with Gasteiger partial charge in [0.2, 0.25) is 5.13 Å². The molecule has 3 aromatic rings. The summed E-state index contributed by atoms with van der Waals surface area (Å²) in [5, 5.41) is 6.83. The van der Waals surface area contributed by atoms with Gasteiger partial charge < -0.3 is 9.15 Å². The number of rotatable bonds is 5. The number of nitrogens with zero attached hydrogens (tertiary/aromatic N) is 2. The van der Waals surface area contributed by atoms with Gasteiger partial charge in [0, 0.05) is 10.9 Å². The second kappa shape index (κ2) is 6.44. The summed E-state index contributed by atoms with van der Waals surface area (Å²) in [4.78, 5) is 4.49. The standard InChI is InChI=1S/C16H15N3O2S/c1-11-3-6-14(21-11)9-17-19-16-18-15(10-22-16)12-4-7-13(20-2)8-5-12/h3-10H,1-2H3,(H,18,19)/b17-9-. The first-order chi connectivity index (χ1) is 10.7. The van der Waals surface area contributed by atoms with Gasteiger partial charge in [-0.2, -0.15) is 5.10 Å². The summed E-state index contributed by atoms with van der Waals surface area (Å²) >= 11 is 1.50. The highest BCUT2D eigenvalue weighted by Gasteiger charge is 2.04. The summed E-state index contributed by atoms with van der Waals surface area (Å²) in [5.74, 6) is 2.39. The molecule has 2 heterocycles. The third-order valence-corrected chi connectivity index (χ3v) is 3.75. The maximum Gasteiger partial charge on any atom is 0.203 e. The van der Waals surface area contributed by atoms with Gasteiger partial charge in [0.05, 0.1) is 19.0 Å². The molecule has 0 unspecified atom stereocenters. The van der Waals surface area contributed by atoms with Crippen molar-refractivity contribution in [3.05, 3.63) is 53.3 Å². The molecule has 0 aliphatic carbocycles. The van der Waals surface area contributed by atoms with Crippen molar-refractivity contribution >= 4 is 22.7 Å². The fourth-order valence-electron chi connectivity index (χ4n) is 1.89. The predicted octanol–water partition coefficient (Wildman–Crippen LogP) is 4.17. The molecule has 1 aromatic carbocycles. The minimum absolute atomic E-state index is 0.705. The molecule has 3 rings (SSSR count). The Balaban J connectivity index is 1.66. The van der Waals surface area contributed by atoms with Crippen LogP contribution in [0.5, 0.6) is 5.75 Å². The number of aromatic nitrogens is 1. The molecule has 0 aliphatic heterocycles. The fourth-order valence-corrected chi connectivity index (χ4v) is 2.56. The Kier molecular flexibility index (Phi) is 4.20. The number of nitrogens with one attached hydrogen (secondary N) is 1. The van der Waals surface area contributed by atoms with E-state index in [9.17, 15) is 0 Å². The van der Waals surface area contributed by atoms with Crippen molar-refractivity contribution < 1.29 is 9.15 Å². The zero-order valence-corrected chi connectivity index (χ0v) is 13.1. The predicted molar refractivity (Wildman–Crippen MR) is 88.8 cm³/mol. The van der Waals surface area contributed by atoms with Gasteiger partial charge in [-0.1, -0.05) is 0 Å². The molecular weight excluding hydrogens is 298 g/mol. The van der Waals surface area contributed by atoms with Gasteiger partial charge in [0.1, 0.15) is 17.3 Å². The van der Waals surface area contributed by atoms with E-state index in [1.165, 1.54) is 11.3 Å². The number of thiazole rings is 1. The van der Waals surface area contributed by atoms with Crippen molar-refractivity contribution in [2.24, 2.45) is 5.10 Å². The summed E-state index contributed by atoms with van der Waals surface area (Å²) in [7, 11) is 1.65. The smallest absolute Gasteiger partial charge is 0.203 e. The van der Waals surface area contributed by atoms with Crippen LogP contribution in [0.1, 0.15) is 11.5 Å². The van der Waals surface area contributed by atoms with E-state index in [-0.39, 0.29) is 0 Å². The van der Waals surface area contributed by atoms with Crippen LogP contribution in [-0.2, 0) is 0 Å². The molecule has 0 saturated heterocycles. The number of anilines is 1. The zero-order chi connectivity index (χ0) is 15.4. The van der Waals surface area contributed by atoms with Crippen LogP contribution in [0, 0.1) is 6.92 Å². The number of hydrogen-bond acceptors (Lipinski definition) is 6. The molecular formula is C16H15N3O2S. The molecule has 0 aliphatic rings. The van der Waals surface area contributed by atoms with Crippen LogP contribution in [0.2, 0.25) is 0 Å². The average molecular weight is 313 g/mol. The Morgan fingerprint density at radius 3 is 2.73 bits per heavy atom. The first-order valence-corrected chi connectivity index (χ1v) is 7.58. The van der Waals surface area contributed by atoms with Gasteiger partial charge >= 0.3 is 0 Å². The molecule has 0 amide bonds. The second-order valence-electron chi connectivity index (χ2n) is 4.58. The summed E-state index contributed by atoms with van der Waals surface area (Å²) in [5.41, 5.74) is 4.85.